The van der Waals surface area contributed by atoms with Crippen LogP contribution in [0, 0.1) is 0 Å². The second-order valence-electron chi connectivity index (χ2n) is 5.32. The van der Waals surface area contributed by atoms with Crippen molar-refractivity contribution in [2.75, 3.05) is 7.05 Å². The Morgan fingerprint density at radius 3 is 2.21 bits per heavy atom. The molecular weight excluding hydrogens is 364 g/mol. The topological polar surface area (TPSA) is 67.9 Å². The van der Waals surface area contributed by atoms with Crippen molar-refractivity contribution >= 4 is 17.9 Å². The number of nitrogens with two attached hydrogens (primary N) is 1. The fraction of sp³-hybridized carbons (Fsp3) is 0.238. The van der Waals surface area contributed by atoms with E-state index < -0.39 is 12.7 Å². The van der Waals surface area contributed by atoms with Crippen molar-refractivity contribution in [3.63, 3.8) is 0 Å². The van der Waals surface area contributed by atoms with Crippen LogP contribution in [0.15, 0.2) is 66.2 Å². The summed E-state index contributed by atoms with van der Waals surface area (Å²) in [4.78, 5) is 17.1. The predicted octanol–water partition coefficient (Wildman–Crippen LogP) is 4.47. The second-order valence-corrected chi connectivity index (χ2v) is 5.32. The summed E-state index contributed by atoms with van der Waals surface area (Å²) in [5.74, 6) is 0.361. The molecule has 0 spiro atoms. The molecule has 0 saturated carbocycles. The minimum absolute atomic E-state index is 0.0753. The Kier molecular flexibility index (Phi) is 9.36. The zero-order valence-electron chi connectivity index (χ0n) is 16.2. The molecule has 28 heavy (non-hydrogen) atoms. The molecule has 2 aromatic carbocycles. The minimum Gasteiger partial charge on any atom is -0.434 e. The summed E-state index contributed by atoms with van der Waals surface area (Å²) in [6, 6.07) is 15.4. The number of aliphatic imine (C=N–C) groups is 1. The van der Waals surface area contributed by atoms with Crippen molar-refractivity contribution in [2.45, 2.75) is 26.5 Å². The first-order valence-corrected chi connectivity index (χ1v) is 8.76. The van der Waals surface area contributed by atoms with Gasteiger partial charge in [0.2, 0.25) is 0 Å². The number of ether oxygens (including phenoxy) is 1. The van der Waals surface area contributed by atoms with E-state index in [-0.39, 0.29) is 17.6 Å². The van der Waals surface area contributed by atoms with E-state index in [2.05, 4.69) is 16.3 Å². The standard InChI is InChI=1S/C10H11N3O.C9H8F2O.C2H6/c1-13-9(14)8(12-10(13)11)7-5-3-2-4-6-7;1-2-7-5-3-4-6-8(7)12-9(10)11;1-2/h2-6,8H,1H3,(H2,11,12);2-6,9H,1H2;1-2H3/t8-;;/m1../s1. The van der Waals surface area contributed by atoms with Gasteiger partial charge in [0.25, 0.3) is 5.91 Å². The largest absolute Gasteiger partial charge is 0.434 e. The highest BCUT2D eigenvalue weighted by Gasteiger charge is 2.31. The normalized spacial score (nSPS) is 15.1. The van der Waals surface area contributed by atoms with Gasteiger partial charge in [0.15, 0.2) is 12.0 Å². The highest BCUT2D eigenvalue weighted by molar-refractivity contribution is 6.04. The number of halogens is 2. The Balaban J connectivity index is 0.000000260. The summed E-state index contributed by atoms with van der Waals surface area (Å²) in [6.07, 6.45) is 1.47. The van der Waals surface area contributed by atoms with Crippen LogP contribution in [0.4, 0.5) is 8.78 Å². The number of likely N-dealkylation sites (N-methyl/N-ethyl adjacent to an activating group) is 1. The van der Waals surface area contributed by atoms with Gasteiger partial charge in [-0.1, -0.05) is 75.0 Å². The van der Waals surface area contributed by atoms with E-state index in [9.17, 15) is 13.6 Å². The third-order valence-electron chi connectivity index (χ3n) is 3.64. The molecule has 0 aliphatic carbocycles. The molecule has 1 heterocycles. The smallest absolute Gasteiger partial charge is 0.387 e. The first kappa shape index (κ1) is 22.8. The van der Waals surface area contributed by atoms with E-state index in [1.54, 1.807) is 25.2 Å². The maximum absolute atomic E-state index is 11.8. The third-order valence-corrected chi connectivity index (χ3v) is 3.64. The summed E-state index contributed by atoms with van der Waals surface area (Å²) >= 11 is 0. The van der Waals surface area contributed by atoms with E-state index in [0.717, 1.165) is 5.56 Å². The van der Waals surface area contributed by atoms with Crippen LogP contribution in [0.25, 0.3) is 6.08 Å². The maximum Gasteiger partial charge on any atom is 0.387 e. The molecule has 7 heteroatoms. The van der Waals surface area contributed by atoms with Gasteiger partial charge in [-0.2, -0.15) is 8.78 Å². The lowest BCUT2D eigenvalue weighted by atomic mass is 10.1. The number of hydrogen-bond acceptors (Lipinski definition) is 4. The van der Waals surface area contributed by atoms with Gasteiger partial charge in [0.05, 0.1) is 0 Å². The second kappa shape index (κ2) is 11.5. The van der Waals surface area contributed by atoms with E-state index in [4.69, 9.17) is 5.73 Å². The molecule has 3 rings (SSSR count). The third kappa shape index (κ3) is 6.19. The Hall–Kier alpha value is -3.22. The van der Waals surface area contributed by atoms with Crippen molar-refractivity contribution in [2.24, 2.45) is 10.7 Å². The molecule has 2 N–H and O–H groups in total. The monoisotopic (exact) mass is 389 g/mol. The van der Waals surface area contributed by atoms with Crippen LogP contribution in [0.2, 0.25) is 0 Å². The highest BCUT2D eigenvalue weighted by Crippen LogP contribution is 2.23. The molecule has 5 nitrogen and oxygen atoms in total. The summed E-state index contributed by atoms with van der Waals surface area (Å²) in [5, 5.41) is 0. The minimum atomic E-state index is -2.79. The fourth-order valence-corrected chi connectivity index (χ4v) is 2.28. The van der Waals surface area contributed by atoms with Crippen LogP contribution in [-0.4, -0.2) is 30.4 Å². The first-order valence-electron chi connectivity index (χ1n) is 8.76. The van der Waals surface area contributed by atoms with E-state index in [0.29, 0.717) is 5.56 Å². The first-order chi connectivity index (χ1) is 13.4. The molecular formula is C21H25F2N3O2. The molecule has 0 radical (unpaired) electrons. The number of guanidine groups is 1. The van der Waals surface area contributed by atoms with E-state index in [1.165, 1.54) is 17.0 Å². The number of nitrogens with zero attached hydrogens (tertiary/aromatic N) is 2. The molecule has 0 saturated heterocycles. The molecule has 1 aliphatic rings. The molecule has 1 aliphatic heterocycles. The number of amides is 1. The molecule has 1 amide bonds. The van der Waals surface area contributed by atoms with Gasteiger partial charge < -0.3 is 10.5 Å². The van der Waals surface area contributed by atoms with Crippen molar-refractivity contribution in [1.82, 2.24) is 4.90 Å². The average Bonchev–Trinajstić information content (AvgIpc) is 2.98. The van der Waals surface area contributed by atoms with Crippen LogP contribution >= 0.6 is 0 Å². The number of hydrogen-bond donors (Lipinski definition) is 1. The van der Waals surface area contributed by atoms with Gasteiger partial charge in [-0.15, -0.1) is 0 Å². The van der Waals surface area contributed by atoms with Crippen molar-refractivity contribution in [3.05, 3.63) is 72.3 Å². The Labute approximate surface area is 164 Å². The van der Waals surface area contributed by atoms with Gasteiger partial charge in [-0.25, -0.2) is 4.99 Å². The SMILES string of the molecule is C=Cc1ccccc1OC(F)F.CC.CN1C(=O)[C@@H](c2ccccc2)N=C1N. The molecule has 0 bridgehead atoms. The van der Waals surface area contributed by atoms with E-state index in [1.807, 2.05) is 44.2 Å². The summed E-state index contributed by atoms with van der Waals surface area (Å²) in [6.45, 7) is 4.69. The molecule has 0 aromatic heterocycles. The lowest BCUT2D eigenvalue weighted by Crippen LogP contribution is -2.34. The van der Waals surface area contributed by atoms with Crippen molar-refractivity contribution in [3.8, 4) is 5.75 Å². The van der Waals surface area contributed by atoms with Crippen LogP contribution < -0.4 is 10.5 Å². The van der Waals surface area contributed by atoms with Gasteiger partial charge in [-0.3, -0.25) is 9.69 Å². The molecule has 150 valence electrons. The van der Waals surface area contributed by atoms with Crippen LogP contribution in [0.5, 0.6) is 5.75 Å². The number of benzene rings is 2. The Bertz CT molecular complexity index is 795. The van der Waals surface area contributed by atoms with E-state index >= 15 is 0 Å². The van der Waals surface area contributed by atoms with Gasteiger partial charge in [0, 0.05) is 12.6 Å². The highest BCUT2D eigenvalue weighted by atomic mass is 19.3. The van der Waals surface area contributed by atoms with Gasteiger partial charge in [0.1, 0.15) is 5.75 Å². The Morgan fingerprint density at radius 2 is 1.71 bits per heavy atom. The quantitative estimate of drug-likeness (QED) is 0.839. The number of rotatable bonds is 4. The fourth-order valence-electron chi connectivity index (χ4n) is 2.28. The number of para-hydroxylation sites is 1. The van der Waals surface area contributed by atoms with Crippen LogP contribution in [0.1, 0.15) is 31.0 Å². The zero-order chi connectivity index (χ0) is 21.1. The van der Waals surface area contributed by atoms with Crippen molar-refractivity contribution < 1.29 is 18.3 Å². The van der Waals surface area contributed by atoms with Gasteiger partial charge >= 0.3 is 6.61 Å². The molecule has 1 atom stereocenters. The average molecular weight is 389 g/mol. The van der Waals surface area contributed by atoms with Crippen LogP contribution in [0.3, 0.4) is 0 Å². The molecule has 0 fully saturated rings. The zero-order valence-corrected chi connectivity index (χ0v) is 16.2. The predicted molar refractivity (Wildman–Crippen MR) is 108 cm³/mol. The summed E-state index contributed by atoms with van der Waals surface area (Å²) < 4.78 is 27.8. The maximum atomic E-state index is 11.8. The van der Waals surface area contributed by atoms with Gasteiger partial charge in [-0.05, 0) is 11.6 Å². The summed E-state index contributed by atoms with van der Waals surface area (Å²) in [5.41, 5.74) is 7.00. The van der Waals surface area contributed by atoms with Crippen molar-refractivity contribution in [1.29, 1.82) is 0 Å². The lowest BCUT2D eigenvalue weighted by Gasteiger charge is -2.09. The molecule has 2 aromatic rings. The number of carbonyl (C=O) groups is 1. The number of carbonyl (C=O) groups excluding carboxylic acids is 1. The van der Waals surface area contributed by atoms with Crippen LogP contribution in [-0.2, 0) is 4.79 Å². The molecule has 0 unspecified atom stereocenters. The summed E-state index contributed by atoms with van der Waals surface area (Å²) in [7, 11) is 1.63. The number of alkyl halides is 2. The Morgan fingerprint density at radius 1 is 1.14 bits per heavy atom. The lowest BCUT2D eigenvalue weighted by molar-refractivity contribution is -0.126.